The summed E-state index contributed by atoms with van der Waals surface area (Å²) < 4.78 is 25.8. The Morgan fingerprint density at radius 2 is 1.40 bits per heavy atom. The van der Waals surface area contributed by atoms with Crippen molar-refractivity contribution in [1.82, 2.24) is 9.19 Å². The molecule has 3 aromatic rings. The van der Waals surface area contributed by atoms with Gasteiger partial charge in [0.1, 0.15) is 0 Å². The maximum atomic E-state index is 12.4. The highest BCUT2D eigenvalue weighted by atomic mass is 32.2. The second-order valence-electron chi connectivity index (χ2n) is 4.29. The lowest BCUT2D eigenvalue weighted by Crippen LogP contribution is -2.13. The fourth-order valence-corrected chi connectivity index (χ4v) is 3.06. The lowest BCUT2D eigenvalue weighted by Gasteiger charge is -2.03. The zero-order valence-corrected chi connectivity index (χ0v) is 11.4. The van der Waals surface area contributed by atoms with Gasteiger partial charge in [-0.1, -0.05) is 48.5 Å². The lowest BCUT2D eigenvalue weighted by molar-refractivity contribution is 0.580. The minimum Gasteiger partial charge on any atom is -0.199 e. The van der Waals surface area contributed by atoms with Crippen LogP contribution < -0.4 is 0 Å². The third-order valence-corrected chi connectivity index (χ3v) is 4.51. The molecule has 0 bridgehead atoms. The van der Waals surface area contributed by atoms with Crippen molar-refractivity contribution in [2.45, 2.75) is 4.90 Å². The van der Waals surface area contributed by atoms with E-state index in [1.54, 1.807) is 36.5 Å². The summed E-state index contributed by atoms with van der Waals surface area (Å²) in [5.74, 6) is 0. The van der Waals surface area contributed by atoms with Gasteiger partial charge in [-0.2, -0.15) is 17.6 Å². The van der Waals surface area contributed by atoms with Crippen LogP contribution in [0.1, 0.15) is 0 Å². The van der Waals surface area contributed by atoms with E-state index in [9.17, 15) is 8.42 Å². The van der Waals surface area contributed by atoms with E-state index < -0.39 is 10.0 Å². The van der Waals surface area contributed by atoms with Gasteiger partial charge in [0.2, 0.25) is 0 Å². The number of hydrogen-bond donors (Lipinski definition) is 0. The van der Waals surface area contributed by atoms with Crippen LogP contribution in [0.2, 0.25) is 0 Å². The van der Waals surface area contributed by atoms with Crippen LogP contribution in [0.3, 0.4) is 0 Å². The Kier molecular flexibility index (Phi) is 3.12. The number of hydrogen-bond acceptors (Lipinski definition) is 3. The van der Waals surface area contributed by atoms with Gasteiger partial charge in [-0.3, -0.25) is 0 Å². The average Bonchev–Trinajstić information content (AvgIpc) is 3.00. The summed E-state index contributed by atoms with van der Waals surface area (Å²) in [5, 5.41) is 3.97. The second-order valence-corrected chi connectivity index (χ2v) is 6.08. The molecule has 0 saturated carbocycles. The first-order chi connectivity index (χ1) is 9.68. The van der Waals surface area contributed by atoms with Crippen LogP contribution in [-0.4, -0.2) is 17.6 Å². The molecule has 20 heavy (non-hydrogen) atoms. The van der Waals surface area contributed by atoms with Crippen LogP contribution in [-0.2, 0) is 10.0 Å². The van der Waals surface area contributed by atoms with Gasteiger partial charge < -0.3 is 0 Å². The molecule has 0 N–H and O–H groups in total. The van der Waals surface area contributed by atoms with E-state index >= 15 is 0 Å². The topological polar surface area (TPSA) is 52.0 Å². The Morgan fingerprint density at radius 3 is 2.05 bits per heavy atom. The predicted molar refractivity (Wildman–Crippen MR) is 76.7 cm³/mol. The summed E-state index contributed by atoms with van der Waals surface area (Å²) in [7, 11) is -3.62. The molecule has 0 aliphatic heterocycles. The van der Waals surface area contributed by atoms with E-state index in [1.165, 1.54) is 6.20 Å². The summed E-state index contributed by atoms with van der Waals surface area (Å²) in [6.45, 7) is 0. The second kappa shape index (κ2) is 4.94. The Bertz CT molecular complexity index is 809. The monoisotopic (exact) mass is 284 g/mol. The normalized spacial score (nSPS) is 11.4. The van der Waals surface area contributed by atoms with Crippen molar-refractivity contribution >= 4 is 10.0 Å². The first kappa shape index (κ1) is 12.6. The van der Waals surface area contributed by atoms with Crippen molar-refractivity contribution in [2.75, 3.05) is 0 Å². The van der Waals surface area contributed by atoms with E-state index in [-0.39, 0.29) is 4.90 Å². The van der Waals surface area contributed by atoms with Crippen molar-refractivity contribution < 1.29 is 8.42 Å². The SMILES string of the molecule is O=S(=O)(c1ccccc1)n1cc(-c2ccccc2)cn1. The van der Waals surface area contributed by atoms with Crippen LogP contribution in [0.4, 0.5) is 0 Å². The van der Waals surface area contributed by atoms with Crippen molar-refractivity contribution in [3.8, 4) is 11.1 Å². The van der Waals surface area contributed by atoms with Crippen molar-refractivity contribution in [3.63, 3.8) is 0 Å². The molecule has 0 spiro atoms. The van der Waals surface area contributed by atoms with Gasteiger partial charge in [0.05, 0.1) is 17.3 Å². The average molecular weight is 284 g/mol. The molecule has 2 aromatic carbocycles. The molecule has 1 aromatic heterocycles. The first-order valence-corrected chi connectivity index (χ1v) is 7.53. The molecule has 0 atom stereocenters. The molecule has 0 unspecified atom stereocenters. The van der Waals surface area contributed by atoms with Crippen LogP contribution in [0, 0.1) is 0 Å². The first-order valence-electron chi connectivity index (χ1n) is 6.09. The number of aromatic nitrogens is 2. The maximum absolute atomic E-state index is 12.4. The summed E-state index contributed by atoms with van der Waals surface area (Å²) in [4.78, 5) is 0.225. The van der Waals surface area contributed by atoms with E-state index in [1.807, 2.05) is 30.3 Å². The van der Waals surface area contributed by atoms with Crippen molar-refractivity contribution in [3.05, 3.63) is 73.1 Å². The van der Waals surface area contributed by atoms with Gasteiger partial charge in [0, 0.05) is 5.56 Å². The van der Waals surface area contributed by atoms with Gasteiger partial charge in [0.25, 0.3) is 10.0 Å². The number of benzene rings is 2. The lowest BCUT2D eigenvalue weighted by atomic mass is 10.1. The van der Waals surface area contributed by atoms with Crippen LogP contribution in [0.25, 0.3) is 11.1 Å². The number of nitrogens with zero attached hydrogens (tertiary/aromatic N) is 2. The molecule has 0 radical (unpaired) electrons. The quantitative estimate of drug-likeness (QED) is 0.743. The molecule has 4 nitrogen and oxygen atoms in total. The Hall–Kier alpha value is -2.40. The third kappa shape index (κ3) is 2.23. The van der Waals surface area contributed by atoms with Gasteiger partial charge in [-0.15, -0.1) is 0 Å². The standard InChI is InChI=1S/C15H12N2O2S/c18-20(19,15-9-5-2-6-10-15)17-12-14(11-16-17)13-7-3-1-4-8-13/h1-12H. The van der Waals surface area contributed by atoms with E-state index in [0.29, 0.717) is 0 Å². The summed E-state index contributed by atoms with van der Waals surface area (Å²) in [5.41, 5.74) is 1.70. The highest BCUT2D eigenvalue weighted by Crippen LogP contribution is 2.20. The predicted octanol–water partition coefficient (Wildman–Crippen LogP) is 2.79. The Balaban J connectivity index is 2.03. The molecule has 0 aliphatic carbocycles. The van der Waals surface area contributed by atoms with Crippen molar-refractivity contribution in [1.29, 1.82) is 0 Å². The van der Waals surface area contributed by atoms with Crippen molar-refractivity contribution in [2.24, 2.45) is 0 Å². The largest absolute Gasteiger partial charge is 0.282 e. The number of rotatable bonds is 3. The molecular weight excluding hydrogens is 272 g/mol. The van der Waals surface area contributed by atoms with E-state index in [2.05, 4.69) is 5.10 Å². The van der Waals surface area contributed by atoms with Gasteiger partial charge in [-0.05, 0) is 17.7 Å². The Labute approximate surface area is 117 Å². The smallest absolute Gasteiger partial charge is 0.199 e. The molecule has 100 valence electrons. The Morgan fingerprint density at radius 1 is 0.800 bits per heavy atom. The molecule has 0 saturated heterocycles. The van der Waals surface area contributed by atoms with Gasteiger partial charge in [-0.25, -0.2) is 0 Å². The van der Waals surface area contributed by atoms with Crippen LogP contribution in [0.5, 0.6) is 0 Å². The molecule has 3 rings (SSSR count). The van der Waals surface area contributed by atoms with E-state index in [0.717, 1.165) is 15.2 Å². The fourth-order valence-electron chi connectivity index (χ4n) is 1.92. The van der Waals surface area contributed by atoms with Gasteiger partial charge in [0.15, 0.2) is 0 Å². The van der Waals surface area contributed by atoms with Crippen LogP contribution >= 0.6 is 0 Å². The zero-order valence-electron chi connectivity index (χ0n) is 10.5. The molecule has 0 amide bonds. The maximum Gasteiger partial charge on any atom is 0.282 e. The summed E-state index contributed by atoms with van der Waals surface area (Å²) in [6, 6.07) is 17.8. The molecule has 0 aliphatic rings. The molecule has 0 fully saturated rings. The molecule has 1 heterocycles. The molecule has 5 heteroatoms. The fraction of sp³-hybridized carbons (Fsp3) is 0. The van der Waals surface area contributed by atoms with Gasteiger partial charge >= 0.3 is 0 Å². The third-order valence-electron chi connectivity index (χ3n) is 2.95. The minimum absolute atomic E-state index is 0.225. The highest BCUT2D eigenvalue weighted by Gasteiger charge is 2.17. The molecular formula is C15H12N2O2S. The van der Waals surface area contributed by atoms with Crippen LogP contribution in [0.15, 0.2) is 78.0 Å². The van der Waals surface area contributed by atoms with E-state index in [4.69, 9.17) is 0 Å². The zero-order chi connectivity index (χ0) is 14.0. The highest BCUT2D eigenvalue weighted by molar-refractivity contribution is 7.89. The minimum atomic E-state index is -3.62. The summed E-state index contributed by atoms with van der Waals surface area (Å²) >= 11 is 0. The summed E-state index contributed by atoms with van der Waals surface area (Å²) in [6.07, 6.45) is 3.08.